The first-order valence-electron chi connectivity index (χ1n) is 10.6. The number of quaternary nitrogens is 1. The highest BCUT2D eigenvalue weighted by Crippen LogP contribution is 2.48. The monoisotopic (exact) mass is 398 g/mol. The summed E-state index contributed by atoms with van der Waals surface area (Å²) in [5.74, 6) is 2.85. The van der Waals surface area contributed by atoms with Gasteiger partial charge in [-0.2, -0.15) is 0 Å². The number of aliphatic hydroxyl groups excluding tert-OH is 1. The van der Waals surface area contributed by atoms with Crippen LogP contribution in [0.3, 0.4) is 0 Å². The molecule has 2 aromatic carbocycles. The van der Waals surface area contributed by atoms with Gasteiger partial charge in [0, 0.05) is 12.8 Å². The number of likely N-dealkylation sites (N-methyl/N-ethyl adjacent to an activating group) is 1. The number of fused-ring (bicyclic) bond motifs is 2. The minimum atomic E-state index is -0.524. The average Bonchev–Trinajstić information content (AvgIpc) is 3.16. The van der Waals surface area contributed by atoms with E-state index < -0.39 is 6.10 Å². The summed E-state index contributed by atoms with van der Waals surface area (Å²) in [5, 5.41) is 11.0. The maximum atomic E-state index is 11.0. The van der Waals surface area contributed by atoms with E-state index >= 15 is 0 Å². The maximum Gasteiger partial charge on any atom is 0.231 e. The summed E-state index contributed by atoms with van der Waals surface area (Å²) in [6, 6.07) is 10.6. The maximum absolute atomic E-state index is 11.0. The predicted octanol–water partition coefficient (Wildman–Crippen LogP) is 2.86. The van der Waals surface area contributed by atoms with Gasteiger partial charge >= 0.3 is 0 Å². The highest BCUT2D eigenvalue weighted by molar-refractivity contribution is 5.61. The van der Waals surface area contributed by atoms with Crippen molar-refractivity contribution in [2.45, 2.75) is 45.3 Å². The molecular weight excluding hydrogens is 366 g/mol. The van der Waals surface area contributed by atoms with Crippen molar-refractivity contribution in [1.29, 1.82) is 0 Å². The molecule has 3 atom stereocenters. The lowest BCUT2D eigenvalue weighted by Gasteiger charge is -2.34. The summed E-state index contributed by atoms with van der Waals surface area (Å²) in [4.78, 5) is 1.38. The van der Waals surface area contributed by atoms with E-state index in [0.717, 1.165) is 42.0 Å². The second-order valence-electron chi connectivity index (χ2n) is 8.71. The predicted molar refractivity (Wildman–Crippen MR) is 112 cm³/mol. The molecule has 0 spiro atoms. The third-order valence-electron chi connectivity index (χ3n) is 6.15. The molecule has 0 bridgehead atoms. The third-order valence-corrected chi connectivity index (χ3v) is 6.15. The molecule has 2 heterocycles. The molecule has 0 saturated heterocycles. The van der Waals surface area contributed by atoms with Crippen LogP contribution in [0.1, 0.15) is 54.7 Å². The van der Waals surface area contributed by atoms with Crippen LogP contribution in [-0.2, 0) is 12.8 Å². The molecular formula is C24H32NO4+. The molecule has 156 valence electrons. The summed E-state index contributed by atoms with van der Waals surface area (Å²) in [7, 11) is 3.87. The molecule has 5 nitrogen and oxygen atoms in total. The smallest absolute Gasteiger partial charge is 0.231 e. The van der Waals surface area contributed by atoms with Gasteiger partial charge in [0.25, 0.3) is 0 Å². The SMILES string of the molecule is COc1c2c(cc3c1[C@@H](C[C@@H](O)c1ccc(CC(C)C)cc1)[NH+](C)CC3)OCO2. The fraction of sp³-hybridized carbons (Fsp3) is 0.500. The first-order chi connectivity index (χ1) is 14.0. The van der Waals surface area contributed by atoms with E-state index in [0.29, 0.717) is 18.1 Å². The van der Waals surface area contributed by atoms with Crippen molar-refractivity contribution in [2.24, 2.45) is 5.92 Å². The molecule has 0 amide bonds. The summed E-state index contributed by atoms with van der Waals surface area (Å²) < 4.78 is 17.1. The minimum Gasteiger partial charge on any atom is -0.492 e. The van der Waals surface area contributed by atoms with Crippen LogP contribution in [0.25, 0.3) is 0 Å². The van der Waals surface area contributed by atoms with Gasteiger partial charge in [0.15, 0.2) is 11.5 Å². The minimum absolute atomic E-state index is 0.133. The van der Waals surface area contributed by atoms with Crippen molar-refractivity contribution >= 4 is 0 Å². The van der Waals surface area contributed by atoms with E-state index in [9.17, 15) is 5.11 Å². The van der Waals surface area contributed by atoms with Gasteiger partial charge < -0.3 is 24.2 Å². The number of ether oxygens (including phenoxy) is 3. The Morgan fingerprint density at radius 1 is 1.21 bits per heavy atom. The fourth-order valence-corrected chi connectivity index (χ4v) is 4.65. The molecule has 29 heavy (non-hydrogen) atoms. The molecule has 2 N–H and O–H groups in total. The van der Waals surface area contributed by atoms with Gasteiger partial charge in [-0.05, 0) is 35.1 Å². The van der Waals surface area contributed by atoms with E-state index in [4.69, 9.17) is 14.2 Å². The number of hydrogen-bond acceptors (Lipinski definition) is 4. The molecule has 2 aromatic rings. The van der Waals surface area contributed by atoms with Crippen LogP contribution in [0.15, 0.2) is 30.3 Å². The molecule has 4 rings (SSSR count). The van der Waals surface area contributed by atoms with Gasteiger partial charge in [-0.25, -0.2) is 0 Å². The largest absolute Gasteiger partial charge is 0.492 e. The lowest BCUT2D eigenvalue weighted by Crippen LogP contribution is -3.10. The van der Waals surface area contributed by atoms with Gasteiger partial charge in [-0.1, -0.05) is 38.1 Å². The number of benzene rings is 2. The number of methoxy groups -OCH3 is 1. The molecule has 5 heteroatoms. The van der Waals surface area contributed by atoms with Crippen molar-refractivity contribution in [3.8, 4) is 17.2 Å². The summed E-state index contributed by atoms with van der Waals surface area (Å²) in [6.07, 6.45) is 2.14. The van der Waals surface area contributed by atoms with Crippen molar-refractivity contribution < 1.29 is 24.2 Å². The van der Waals surface area contributed by atoms with Gasteiger partial charge in [0.2, 0.25) is 12.5 Å². The standard InChI is InChI=1S/C24H31NO4/c1-15(2)11-16-5-7-17(8-6-16)20(26)13-19-22-18(9-10-25(19)3)12-21-23(24(22)27-4)29-14-28-21/h5-8,12,15,19-20,26H,9-11,13-14H2,1-4H3/p+1/t19-,20-/m1/s1. The Bertz CT molecular complexity index is 862. The Hall–Kier alpha value is -2.24. The first-order valence-corrected chi connectivity index (χ1v) is 10.6. The molecule has 2 aliphatic heterocycles. The Balaban J connectivity index is 1.61. The zero-order chi connectivity index (χ0) is 20.5. The highest BCUT2D eigenvalue weighted by atomic mass is 16.7. The zero-order valence-electron chi connectivity index (χ0n) is 17.8. The van der Waals surface area contributed by atoms with Gasteiger partial charge in [-0.15, -0.1) is 0 Å². The normalized spacial score (nSPS) is 21.2. The topological polar surface area (TPSA) is 52.4 Å². The van der Waals surface area contributed by atoms with Crippen LogP contribution >= 0.6 is 0 Å². The van der Waals surface area contributed by atoms with Gasteiger partial charge in [0.05, 0.1) is 32.4 Å². The molecule has 0 saturated carbocycles. The number of hydrogen-bond donors (Lipinski definition) is 2. The van der Waals surface area contributed by atoms with Crippen molar-refractivity contribution in [3.05, 3.63) is 52.6 Å². The Morgan fingerprint density at radius 3 is 2.66 bits per heavy atom. The first kappa shape index (κ1) is 20.0. The van der Waals surface area contributed by atoms with Crippen LogP contribution in [-0.4, -0.2) is 32.6 Å². The Labute approximate surface area is 173 Å². The highest BCUT2D eigenvalue weighted by Gasteiger charge is 2.37. The van der Waals surface area contributed by atoms with Gasteiger partial charge in [-0.3, -0.25) is 0 Å². The van der Waals surface area contributed by atoms with Crippen LogP contribution in [0.2, 0.25) is 0 Å². The van der Waals surface area contributed by atoms with Crippen LogP contribution in [0.5, 0.6) is 17.2 Å². The Kier molecular flexibility index (Phi) is 5.70. The number of nitrogens with one attached hydrogen (secondary N) is 1. The van der Waals surface area contributed by atoms with E-state index in [1.54, 1.807) is 7.11 Å². The molecule has 0 radical (unpaired) electrons. The van der Waals surface area contributed by atoms with Crippen molar-refractivity contribution in [1.82, 2.24) is 0 Å². The zero-order valence-corrected chi connectivity index (χ0v) is 17.8. The van der Waals surface area contributed by atoms with E-state index in [2.05, 4.69) is 51.2 Å². The molecule has 0 fully saturated rings. The van der Waals surface area contributed by atoms with E-state index in [1.807, 2.05) is 0 Å². The number of rotatable bonds is 6. The lowest BCUT2D eigenvalue weighted by molar-refractivity contribution is -0.915. The second kappa shape index (κ2) is 8.25. The molecule has 0 aromatic heterocycles. The quantitative estimate of drug-likeness (QED) is 0.786. The molecule has 2 aliphatic rings. The summed E-state index contributed by atoms with van der Waals surface area (Å²) in [5.41, 5.74) is 4.67. The number of aliphatic hydroxyl groups is 1. The third kappa shape index (κ3) is 3.94. The summed E-state index contributed by atoms with van der Waals surface area (Å²) in [6.45, 7) is 5.69. The van der Waals surface area contributed by atoms with Crippen molar-refractivity contribution in [2.75, 3.05) is 27.5 Å². The molecule has 0 aliphatic carbocycles. The Morgan fingerprint density at radius 2 is 1.97 bits per heavy atom. The van der Waals surface area contributed by atoms with Crippen molar-refractivity contribution in [3.63, 3.8) is 0 Å². The van der Waals surface area contributed by atoms with E-state index in [-0.39, 0.29) is 12.8 Å². The average molecular weight is 399 g/mol. The summed E-state index contributed by atoms with van der Waals surface area (Å²) >= 11 is 0. The van der Waals surface area contributed by atoms with E-state index in [1.165, 1.54) is 16.0 Å². The van der Waals surface area contributed by atoms with Gasteiger partial charge in [0.1, 0.15) is 6.04 Å². The second-order valence-corrected chi connectivity index (χ2v) is 8.71. The molecule has 1 unspecified atom stereocenters. The fourth-order valence-electron chi connectivity index (χ4n) is 4.65. The van der Waals surface area contributed by atoms with Crippen LogP contribution in [0.4, 0.5) is 0 Å². The lowest BCUT2D eigenvalue weighted by atomic mass is 9.87. The van der Waals surface area contributed by atoms with Crippen LogP contribution in [0, 0.1) is 5.92 Å². The van der Waals surface area contributed by atoms with Crippen LogP contribution < -0.4 is 19.1 Å².